The predicted octanol–water partition coefficient (Wildman–Crippen LogP) is 6.48. The Morgan fingerprint density at radius 2 is 0.850 bits per heavy atom. The van der Waals surface area contributed by atoms with Gasteiger partial charge in [0.15, 0.2) is 12.3 Å². The summed E-state index contributed by atoms with van der Waals surface area (Å²) in [6, 6.07) is 24.1. The fraction of sp³-hybridized carbons (Fsp3) is 0.133. The van der Waals surface area contributed by atoms with Crippen molar-refractivity contribution in [2.24, 2.45) is 0 Å². The number of ether oxygens (including phenoxy) is 2. The minimum absolute atomic E-state index is 0.413. The SMILES string of the molecule is COc1ccc([C@H]2N(c3ccc(F)cc3)C(=O)N3[C@@H](c4ccc(OC)cc4)N(c4ccc(F)cc4)C(=O)N23)cc1. The second kappa shape index (κ2) is 9.88. The first kappa shape index (κ1) is 25.2. The molecule has 0 N–H and O–H groups in total. The number of methoxy groups -OCH3 is 2. The number of fused-ring (bicyclic) bond motifs is 1. The molecule has 2 atom stereocenters. The fourth-order valence-electron chi connectivity index (χ4n) is 5.12. The Bertz CT molecular complexity index is 1430. The number of anilines is 2. The Morgan fingerprint density at radius 3 is 1.15 bits per heavy atom. The molecule has 202 valence electrons. The molecule has 6 rings (SSSR count). The molecule has 0 unspecified atom stereocenters. The van der Waals surface area contributed by atoms with E-state index in [1.54, 1.807) is 62.8 Å². The third-order valence-corrected chi connectivity index (χ3v) is 7.03. The molecule has 2 heterocycles. The zero-order chi connectivity index (χ0) is 28.0. The zero-order valence-corrected chi connectivity index (χ0v) is 21.6. The van der Waals surface area contributed by atoms with Gasteiger partial charge in [-0.1, -0.05) is 24.3 Å². The van der Waals surface area contributed by atoms with Crippen molar-refractivity contribution in [3.63, 3.8) is 0 Å². The van der Waals surface area contributed by atoms with Gasteiger partial charge < -0.3 is 9.47 Å². The lowest BCUT2D eigenvalue weighted by Crippen LogP contribution is -2.40. The maximum atomic E-state index is 14.3. The summed E-state index contributed by atoms with van der Waals surface area (Å²) in [6.07, 6.45) is -1.80. The van der Waals surface area contributed by atoms with Crippen molar-refractivity contribution in [1.82, 2.24) is 10.0 Å². The molecule has 0 bridgehead atoms. The average Bonchev–Trinajstić information content (AvgIpc) is 3.45. The Morgan fingerprint density at radius 1 is 0.525 bits per heavy atom. The first-order chi connectivity index (χ1) is 19.4. The second-order valence-corrected chi connectivity index (χ2v) is 9.24. The van der Waals surface area contributed by atoms with Gasteiger partial charge in [0.2, 0.25) is 0 Å². The number of carbonyl (C=O) groups excluding carboxylic acids is 2. The van der Waals surface area contributed by atoms with Crippen molar-refractivity contribution < 1.29 is 27.8 Å². The summed E-state index contributed by atoms with van der Waals surface area (Å²) >= 11 is 0. The van der Waals surface area contributed by atoms with E-state index in [0.717, 1.165) is 0 Å². The molecular weight excluding hydrogens is 518 g/mol. The molecule has 0 aliphatic carbocycles. The van der Waals surface area contributed by atoms with Crippen LogP contribution in [-0.4, -0.2) is 36.3 Å². The van der Waals surface area contributed by atoms with Crippen LogP contribution in [0.3, 0.4) is 0 Å². The van der Waals surface area contributed by atoms with E-state index in [4.69, 9.17) is 9.47 Å². The van der Waals surface area contributed by atoms with E-state index >= 15 is 0 Å². The monoisotopic (exact) mass is 542 g/mol. The van der Waals surface area contributed by atoms with Crippen molar-refractivity contribution in [2.75, 3.05) is 24.0 Å². The summed E-state index contributed by atoms with van der Waals surface area (Å²) < 4.78 is 38.3. The number of halogens is 2. The van der Waals surface area contributed by atoms with Crippen molar-refractivity contribution in [1.29, 1.82) is 0 Å². The second-order valence-electron chi connectivity index (χ2n) is 9.24. The molecule has 0 saturated carbocycles. The maximum absolute atomic E-state index is 14.3. The highest BCUT2D eigenvalue weighted by Crippen LogP contribution is 2.49. The normalized spacial score (nSPS) is 18.4. The Balaban J connectivity index is 1.53. The summed E-state index contributed by atoms with van der Waals surface area (Å²) in [5.41, 5.74) is 2.08. The number of hydrogen-bond donors (Lipinski definition) is 0. The van der Waals surface area contributed by atoms with Gasteiger partial charge in [0.25, 0.3) is 0 Å². The molecule has 2 fully saturated rings. The minimum Gasteiger partial charge on any atom is -0.497 e. The molecule has 0 spiro atoms. The number of hydrogen-bond acceptors (Lipinski definition) is 4. The molecule has 0 aromatic heterocycles. The number of benzene rings is 4. The van der Waals surface area contributed by atoms with Crippen LogP contribution in [0.2, 0.25) is 0 Å². The highest BCUT2D eigenvalue weighted by Gasteiger charge is 2.59. The van der Waals surface area contributed by atoms with Crippen LogP contribution in [0.4, 0.5) is 29.7 Å². The lowest BCUT2D eigenvalue weighted by Gasteiger charge is -2.29. The first-order valence-electron chi connectivity index (χ1n) is 12.4. The van der Waals surface area contributed by atoms with E-state index < -0.39 is 36.0 Å². The van der Waals surface area contributed by atoms with Gasteiger partial charge in [-0.3, -0.25) is 9.80 Å². The van der Waals surface area contributed by atoms with Gasteiger partial charge in [-0.2, -0.15) is 0 Å². The van der Waals surface area contributed by atoms with Crippen LogP contribution in [0.5, 0.6) is 11.5 Å². The van der Waals surface area contributed by atoms with Crippen LogP contribution in [0, 0.1) is 11.6 Å². The molecule has 2 aliphatic heterocycles. The van der Waals surface area contributed by atoms with Gasteiger partial charge in [-0.05, 0) is 83.9 Å². The molecule has 2 aliphatic rings. The van der Waals surface area contributed by atoms with E-state index in [1.165, 1.54) is 68.3 Å². The third kappa shape index (κ3) is 4.05. The van der Waals surface area contributed by atoms with E-state index in [1.807, 2.05) is 0 Å². The van der Waals surface area contributed by atoms with Gasteiger partial charge in [-0.15, -0.1) is 0 Å². The number of amides is 4. The maximum Gasteiger partial charge on any atom is 0.347 e. The lowest BCUT2D eigenvalue weighted by molar-refractivity contribution is 0.0696. The number of carbonyl (C=O) groups is 2. The summed E-state index contributed by atoms with van der Waals surface area (Å²) in [6.45, 7) is 0. The third-order valence-electron chi connectivity index (χ3n) is 7.03. The topological polar surface area (TPSA) is 65.6 Å². The average molecular weight is 543 g/mol. The Kier molecular flexibility index (Phi) is 6.22. The summed E-state index contributed by atoms with van der Waals surface area (Å²) in [5, 5.41) is 2.76. The van der Waals surface area contributed by atoms with Crippen LogP contribution >= 0.6 is 0 Å². The molecular formula is C30H24F2N4O4. The van der Waals surface area contributed by atoms with E-state index in [-0.39, 0.29) is 0 Å². The summed E-state index contributed by atoms with van der Waals surface area (Å²) in [7, 11) is 3.09. The van der Waals surface area contributed by atoms with Crippen molar-refractivity contribution in [2.45, 2.75) is 12.3 Å². The minimum atomic E-state index is -0.900. The van der Waals surface area contributed by atoms with Crippen LogP contribution in [-0.2, 0) is 0 Å². The van der Waals surface area contributed by atoms with Gasteiger partial charge >= 0.3 is 12.1 Å². The number of urea groups is 2. The van der Waals surface area contributed by atoms with Crippen molar-refractivity contribution in [3.05, 3.63) is 120 Å². The number of nitrogens with zero attached hydrogens (tertiary/aromatic N) is 4. The van der Waals surface area contributed by atoms with Gasteiger partial charge in [0.1, 0.15) is 23.1 Å². The molecule has 4 aromatic carbocycles. The van der Waals surface area contributed by atoms with Crippen LogP contribution in [0.1, 0.15) is 23.5 Å². The smallest absolute Gasteiger partial charge is 0.347 e. The van der Waals surface area contributed by atoms with Crippen molar-refractivity contribution >= 4 is 23.4 Å². The number of hydrazine groups is 1. The molecule has 10 heteroatoms. The molecule has 4 amide bonds. The zero-order valence-electron chi connectivity index (χ0n) is 21.6. The van der Waals surface area contributed by atoms with E-state index in [0.29, 0.717) is 34.0 Å². The van der Waals surface area contributed by atoms with E-state index in [2.05, 4.69) is 0 Å². The standard InChI is InChI=1S/C30H24F2N4O4/c1-39-25-15-3-19(4-16-25)27-33(23-11-7-21(31)8-12-23)29(37)36-28(20-5-17-26(40-2)18-6-20)34(30(38)35(27)36)24-13-9-22(32)10-14-24/h3-18,27-28H,1-2H3/t27-,28-/m0/s1. The molecule has 0 radical (unpaired) electrons. The van der Waals surface area contributed by atoms with Gasteiger partial charge in [0, 0.05) is 11.4 Å². The Labute approximate surface area is 229 Å². The fourth-order valence-corrected chi connectivity index (χ4v) is 5.12. The van der Waals surface area contributed by atoms with Crippen LogP contribution < -0.4 is 19.3 Å². The quantitative estimate of drug-likeness (QED) is 0.280. The summed E-state index contributed by atoms with van der Waals surface area (Å²) in [5.74, 6) is 0.309. The van der Waals surface area contributed by atoms with Gasteiger partial charge in [0.05, 0.1) is 14.2 Å². The molecule has 8 nitrogen and oxygen atoms in total. The number of rotatable bonds is 6. The van der Waals surface area contributed by atoms with Crippen molar-refractivity contribution in [3.8, 4) is 11.5 Å². The molecule has 4 aromatic rings. The summed E-state index contributed by atoms with van der Waals surface area (Å²) in [4.78, 5) is 31.5. The largest absolute Gasteiger partial charge is 0.497 e. The van der Waals surface area contributed by atoms with Crippen LogP contribution in [0.25, 0.3) is 0 Å². The highest BCUT2D eigenvalue weighted by molar-refractivity contribution is 6.05. The van der Waals surface area contributed by atoms with E-state index in [9.17, 15) is 18.4 Å². The molecule has 2 saturated heterocycles. The molecule has 40 heavy (non-hydrogen) atoms. The Hall–Kier alpha value is -5.12. The highest BCUT2D eigenvalue weighted by atomic mass is 19.1. The predicted molar refractivity (Wildman–Crippen MR) is 144 cm³/mol. The lowest BCUT2D eigenvalue weighted by atomic mass is 10.1. The van der Waals surface area contributed by atoms with Gasteiger partial charge in [-0.25, -0.2) is 28.4 Å². The van der Waals surface area contributed by atoms with Crippen LogP contribution in [0.15, 0.2) is 97.1 Å². The first-order valence-corrected chi connectivity index (χ1v) is 12.4.